The second-order valence-electron chi connectivity index (χ2n) is 3.92. The summed E-state index contributed by atoms with van der Waals surface area (Å²) >= 11 is 0. The van der Waals surface area contributed by atoms with Crippen LogP contribution in [0.3, 0.4) is 0 Å². The molecule has 1 aromatic rings. The van der Waals surface area contributed by atoms with Gasteiger partial charge in [-0.05, 0) is 13.3 Å². The highest BCUT2D eigenvalue weighted by atomic mass is 16.1. The van der Waals surface area contributed by atoms with Gasteiger partial charge in [-0.25, -0.2) is 0 Å². The van der Waals surface area contributed by atoms with E-state index in [2.05, 4.69) is 19.2 Å². The van der Waals surface area contributed by atoms with Crippen LogP contribution in [0.4, 0.5) is 0 Å². The lowest BCUT2D eigenvalue weighted by molar-refractivity contribution is 0.485. The molecule has 0 bridgehead atoms. The van der Waals surface area contributed by atoms with Crippen molar-refractivity contribution in [2.45, 2.75) is 39.3 Å². The van der Waals surface area contributed by atoms with Crippen molar-refractivity contribution in [2.75, 3.05) is 6.54 Å². The summed E-state index contributed by atoms with van der Waals surface area (Å²) in [5, 5.41) is 3.45. The maximum Gasteiger partial charge on any atom is 0.181 e. The minimum Gasteiger partial charge on any atom is -0.353 e. The lowest BCUT2D eigenvalue weighted by Crippen LogP contribution is -2.29. The van der Waals surface area contributed by atoms with E-state index in [0.29, 0.717) is 6.04 Å². The number of aromatic nitrogens is 1. The van der Waals surface area contributed by atoms with Gasteiger partial charge < -0.3 is 9.88 Å². The maximum atomic E-state index is 10.9. The normalized spacial score (nSPS) is 12.7. The molecule has 1 rings (SSSR count). The topological polar surface area (TPSA) is 34.0 Å². The molecule has 0 aliphatic rings. The van der Waals surface area contributed by atoms with E-state index in [0.717, 1.165) is 13.1 Å². The smallest absolute Gasteiger partial charge is 0.181 e. The summed E-state index contributed by atoms with van der Waals surface area (Å²) < 4.78 is 2.02. The zero-order valence-electron chi connectivity index (χ0n) is 9.57. The minimum absolute atomic E-state index is 0.0681. The summed E-state index contributed by atoms with van der Waals surface area (Å²) in [4.78, 5) is 10.9. The molecule has 0 fully saturated rings. The number of hydrogen-bond donors (Lipinski definition) is 1. The first kappa shape index (κ1) is 12.0. The van der Waals surface area contributed by atoms with Gasteiger partial charge in [-0.1, -0.05) is 13.3 Å². The first-order valence-corrected chi connectivity index (χ1v) is 5.62. The Bertz CT molecular complexity index is 312. The standard InChI is InChI=1S/C12H20N2O/c1-3-4-11(2)13-7-10-14-8-5-12(15)6-9-14/h5-6,8-9,11,13H,3-4,7,10H2,1-2H3. The average Bonchev–Trinajstić information content (AvgIpc) is 2.21. The van der Waals surface area contributed by atoms with Crippen LogP contribution in [0, 0.1) is 0 Å². The van der Waals surface area contributed by atoms with Crippen molar-refractivity contribution in [2.24, 2.45) is 0 Å². The number of rotatable bonds is 6. The second-order valence-corrected chi connectivity index (χ2v) is 3.92. The monoisotopic (exact) mass is 208 g/mol. The van der Waals surface area contributed by atoms with E-state index >= 15 is 0 Å². The van der Waals surface area contributed by atoms with E-state index in [9.17, 15) is 4.79 Å². The summed E-state index contributed by atoms with van der Waals surface area (Å²) in [6.45, 7) is 6.26. The third-order valence-electron chi connectivity index (χ3n) is 2.45. The summed E-state index contributed by atoms with van der Waals surface area (Å²) in [7, 11) is 0. The molecule has 0 spiro atoms. The first-order valence-electron chi connectivity index (χ1n) is 5.62. The van der Waals surface area contributed by atoms with Gasteiger partial charge in [0.15, 0.2) is 5.43 Å². The summed E-state index contributed by atoms with van der Waals surface area (Å²) in [6, 6.07) is 3.76. The average molecular weight is 208 g/mol. The highest BCUT2D eigenvalue weighted by Gasteiger charge is 1.97. The highest BCUT2D eigenvalue weighted by Crippen LogP contribution is 1.94. The molecule has 0 saturated carbocycles. The van der Waals surface area contributed by atoms with E-state index in [4.69, 9.17) is 0 Å². The quantitative estimate of drug-likeness (QED) is 0.771. The fourth-order valence-corrected chi connectivity index (χ4v) is 1.57. The van der Waals surface area contributed by atoms with Crippen LogP contribution < -0.4 is 10.7 Å². The van der Waals surface area contributed by atoms with Gasteiger partial charge >= 0.3 is 0 Å². The molecule has 15 heavy (non-hydrogen) atoms. The van der Waals surface area contributed by atoms with Crippen molar-refractivity contribution in [1.82, 2.24) is 9.88 Å². The van der Waals surface area contributed by atoms with Gasteiger partial charge in [-0.3, -0.25) is 4.79 Å². The largest absolute Gasteiger partial charge is 0.353 e. The van der Waals surface area contributed by atoms with E-state index in [1.165, 1.54) is 12.8 Å². The third kappa shape index (κ3) is 4.79. The fraction of sp³-hybridized carbons (Fsp3) is 0.583. The number of nitrogens with zero attached hydrogens (tertiary/aromatic N) is 1. The van der Waals surface area contributed by atoms with Crippen LogP contribution >= 0.6 is 0 Å². The molecule has 1 atom stereocenters. The van der Waals surface area contributed by atoms with Gasteiger partial charge in [0.25, 0.3) is 0 Å². The zero-order chi connectivity index (χ0) is 11.1. The molecule has 1 heterocycles. The van der Waals surface area contributed by atoms with E-state index in [1.54, 1.807) is 12.1 Å². The molecule has 1 N–H and O–H groups in total. The predicted molar refractivity (Wildman–Crippen MR) is 63.1 cm³/mol. The van der Waals surface area contributed by atoms with Crippen LogP contribution in [-0.2, 0) is 6.54 Å². The van der Waals surface area contributed by atoms with Gasteiger partial charge in [-0.15, -0.1) is 0 Å². The van der Waals surface area contributed by atoms with Crippen molar-refractivity contribution in [1.29, 1.82) is 0 Å². The molecule has 3 nitrogen and oxygen atoms in total. The number of pyridine rings is 1. The van der Waals surface area contributed by atoms with Gasteiger partial charge in [0, 0.05) is 43.7 Å². The molecule has 0 radical (unpaired) electrons. The van der Waals surface area contributed by atoms with Crippen molar-refractivity contribution in [3.05, 3.63) is 34.7 Å². The molecular weight excluding hydrogens is 188 g/mol. The van der Waals surface area contributed by atoms with E-state index in [1.807, 2.05) is 17.0 Å². The Hall–Kier alpha value is -1.09. The number of hydrogen-bond acceptors (Lipinski definition) is 2. The Morgan fingerprint density at radius 3 is 2.67 bits per heavy atom. The third-order valence-corrected chi connectivity index (χ3v) is 2.45. The van der Waals surface area contributed by atoms with Crippen LogP contribution in [0.5, 0.6) is 0 Å². The van der Waals surface area contributed by atoms with Gasteiger partial charge in [0.1, 0.15) is 0 Å². The van der Waals surface area contributed by atoms with E-state index < -0.39 is 0 Å². The first-order chi connectivity index (χ1) is 7.22. The molecule has 1 unspecified atom stereocenters. The summed E-state index contributed by atoms with van der Waals surface area (Å²) in [6.07, 6.45) is 6.08. The Morgan fingerprint density at radius 1 is 1.40 bits per heavy atom. The molecule has 84 valence electrons. The van der Waals surface area contributed by atoms with Crippen LogP contribution in [0.2, 0.25) is 0 Å². The van der Waals surface area contributed by atoms with Crippen LogP contribution in [0.1, 0.15) is 26.7 Å². The molecule has 0 aliphatic heterocycles. The second kappa shape index (κ2) is 6.40. The summed E-state index contributed by atoms with van der Waals surface area (Å²) in [5.74, 6) is 0. The Labute approximate surface area is 91.1 Å². The van der Waals surface area contributed by atoms with Crippen molar-refractivity contribution >= 4 is 0 Å². The Balaban J connectivity index is 2.25. The lowest BCUT2D eigenvalue weighted by atomic mass is 10.2. The molecule has 0 amide bonds. The van der Waals surface area contributed by atoms with Crippen LogP contribution in [0.15, 0.2) is 29.3 Å². The number of nitrogens with one attached hydrogen (secondary N) is 1. The van der Waals surface area contributed by atoms with Crippen LogP contribution in [0.25, 0.3) is 0 Å². The molecular formula is C12H20N2O. The Morgan fingerprint density at radius 2 is 2.07 bits per heavy atom. The molecule has 3 heteroatoms. The lowest BCUT2D eigenvalue weighted by Gasteiger charge is -2.13. The highest BCUT2D eigenvalue weighted by molar-refractivity contribution is 4.93. The SMILES string of the molecule is CCCC(C)NCCn1ccc(=O)cc1. The Kier molecular flexibility index (Phi) is 5.12. The molecule has 0 saturated heterocycles. The van der Waals surface area contributed by atoms with E-state index in [-0.39, 0.29) is 5.43 Å². The fourth-order valence-electron chi connectivity index (χ4n) is 1.57. The van der Waals surface area contributed by atoms with Crippen LogP contribution in [-0.4, -0.2) is 17.2 Å². The predicted octanol–water partition coefficient (Wildman–Crippen LogP) is 1.63. The summed E-state index contributed by atoms with van der Waals surface area (Å²) in [5.41, 5.74) is 0.0681. The molecule has 0 aromatic carbocycles. The van der Waals surface area contributed by atoms with Crippen molar-refractivity contribution < 1.29 is 0 Å². The zero-order valence-corrected chi connectivity index (χ0v) is 9.57. The minimum atomic E-state index is 0.0681. The van der Waals surface area contributed by atoms with Crippen molar-refractivity contribution in [3.8, 4) is 0 Å². The van der Waals surface area contributed by atoms with Gasteiger partial charge in [0.2, 0.25) is 0 Å². The molecule has 0 aliphatic carbocycles. The van der Waals surface area contributed by atoms with Gasteiger partial charge in [0.05, 0.1) is 0 Å². The van der Waals surface area contributed by atoms with Gasteiger partial charge in [-0.2, -0.15) is 0 Å². The molecule has 1 aromatic heterocycles. The maximum absolute atomic E-state index is 10.9. The van der Waals surface area contributed by atoms with Crippen molar-refractivity contribution in [3.63, 3.8) is 0 Å².